The van der Waals surface area contributed by atoms with Crippen LogP contribution in [-0.2, 0) is 4.84 Å². The van der Waals surface area contributed by atoms with Gasteiger partial charge in [-0.3, -0.25) is 0 Å². The maximum atomic E-state index is 8.25. The first-order valence-electron chi connectivity index (χ1n) is 2.31. The maximum Gasteiger partial charge on any atom is 0.102 e. The third kappa shape index (κ3) is 149. The van der Waals surface area contributed by atoms with E-state index in [4.69, 9.17) is 15.3 Å². The van der Waals surface area contributed by atoms with Crippen molar-refractivity contribution in [2.24, 2.45) is 0 Å². The summed E-state index contributed by atoms with van der Waals surface area (Å²) >= 11 is 0. The van der Waals surface area contributed by atoms with E-state index in [1.54, 1.807) is 12.6 Å². The van der Waals surface area contributed by atoms with E-state index in [0.717, 1.165) is 6.54 Å². The molecule has 0 rings (SSSR count). The van der Waals surface area contributed by atoms with Gasteiger partial charge in [0.05, 0.1) is 12.2 Å². The van der Waals surface area contributed by atoms with Crippen LogP contribution in [-0.4, -0.2) is 18.7 Å². The minimum absolute atomic E-state index is 0.997. The molecule has 0 saturated carbocycles. The third-order valence-electron chi connectivity index (χ3n) is 0.333. The molecule has 0 aromatic carbocycles. The summed E-state index contributed by atoms with van der Waals surface area (Å²) in [5, 5.41) is 14.8. The summed E-state index contributed by atoms with van der Waals surface area (Å²) in [7, 11) is 1.66. The Kier molecular flexibility index (Phi) is 12.4. The lowest BCUT2D eigenvalue weighted by Gasteiger charge is -1.83. The lowest BCUT2D eigenvalue weighted by Crippen LogP contribution is -2.81. The fourth-order valence-electron chi connectivity index (χ4n) is 0.167. The van der Waals surface area contributed by atoms with Gasteiger partial charge in [0.25, 0.3) is 0 Å². The van der Waals surface area contributed by atoms with Gasteiger partial charge in [0.2, 0.25) is 0 Å². The molecule has 0 saturated heterocycles. The lowest BCUT2D eigenvalue weighted by atomic mass is 10.8. The molecule has 9 heavy (non-hydrogen) atoms. The van der Waals surface area contributed by atoms with E-state index in [1.807, 2.05) is 6.92 Å². The van der Waals surface area contributed by atoms with Crippen LogP contribution < -0.4 is 5.48 Å². The van der Waals surface area contributed by atoms with E-state index in [-0.39, 0.29) is 0 Å². The van der Waals surface area contributed by atoms with Crippen LogP contribution in [0.2, 0.25) is 0 Å². The largest absolute Gasteiger partial charge is 0.356 e. The highest BCUT2D eigenvalue weighted by molar-refractivity contribution is 4.03. The molecule has 0 radical (unpaired) electrons. The first kappa shape index (κ1) is 11.0. The molecule has 0 atom stereocenters. The molecular formula is C3H10N2O4. The van der Waals surface area contributed by atoms with Gasteiger partial charge in [0.15, 0.2) is 0 Å². The predicted octanol–water partition coefficient (Wildman–Crippen LogP) is -1.11. The highest BCUT2D eigenvalue weighted by Crippen LogP contribution is 1.44. The number of hydroxylamine groups is 1. The molecule has 0 spiro atoms. The first-order chi connectivity index (χ1) is 4.15. The van der Waals surface area contributed by atoms with Crippen molar-refractivity contribution in [2.75, 3.05) is 13.7 Å². The second-order valence-corrected chi connectivity index (χ2v) is 1.03. The monoisotopic (exact) mass is 138 g/mol. The molecule has 0 heterocycles. The molecular weight excluding hydrogens is 128 g/mol. The van der Waals surface area contributed by atoms with Gasteiger partial charge in [-0.1, -0.05) is 0 Å². The van der Waals surface area contributed by atoms with Crippen molar-refractivity contribution in [3.63, 3.8) is 0 Å². The molecule has 0 aromatic heterocycles. The third-order valence-corrected chi connectivity index (χ3v) is 0.333. The Morgan fingerprint density at radius 1 is 1.67 bits per heavy atom. The van der Waals surface area contributed by atoms with Crippen LogP contribution in [0.1, 0.15) is 6.92 Å². The lowest BCUT2D eigenvalue weighted by molar-refractivity contribution is -0.887. The Hall–Kier alpha value is -0.880. The number of hydrogen-bond acceptors (Lipinski definition) is 4. The van der Waals surface area contributed by atoms with Crippen LogP contribution >= 0.6 is 0 Å². The highest BCUT2D eigenvalue weighted by Gasteiger charge is 1.66. The minimum Gasteiger partial charge on any atom is -0.356 e. The number of hydrogen-bond donors (Lipinski definition) is 1. The van der Waals surface area contributed by atoms with E-state index in [9.17, 15) is 0 Å². The molecule has 2 N–H and O–H groups in total. The second kappa shape index (κ2) is 10.2. The molecule has 0 aliphatic heterocycles. The summed E-state index contributed by atoms with van der Waals surface area (Å²) in [6.07, 6.45) is 0. The fraction of sp³-hybridized carbons (Fsp3) is 1.00. The van der Waals surface area contributed by atoms with Gasteiger partial charge < -0.3 is 15.3 Å². The van der Waals surface area contributed by atoms with Crippen molar-refractivity contribution in [2.45, 2.75) is 6.92 Å². The number of nitrogens with two attached hydrogens (primary N) is 1. The normalized spacial score (nSPS) is 7.33. The Morgan fingerprint density at radius 2 is 2.00 bits per heavy atom. The highest BCUT2D eigenvalue weighted by atomic mass is 16.9. The van der Waals surface area contributed by atoms with Crippen molar-refractivity contribution >= 4 is 0 Å². The van der Waals surface area contributed by atoms with Crippen LogP contribution in [0.5, 0.6) is 0 Å². The van der Waals surface area contributed by atoms with E-state index >= 15 is 0 Å². The van der Waals surface area contributed by atoms with Gasteiger partial charge in [0.1, 0.15) is 6.54 Å². The molecule has 56 valence electrons. The number of nitrogens with zero attached hydrogens (tertiary/aromatic N) is 1. The molecule has 6 heteroatoms. The van der Waals surface area contributed by atoms with Crippen molar-refractivity contribution < 1.29 is 15.4 Å². The van der Waals surface area contributed by atoms with Crippen molar-refractivity contribution in [3.8, 4) is 0 Å². The molecule has 0 aromatic rings. The minimum atomic E-state index is -1.75. The molecule has 0 aliphatic rings. The summed E-state index contributed by atoms with van der Waals surface area (Å²) in [6.45, 7) is 3.03. The van der Waals surface area contributed by atoms with E-state index < -0.39 is 5.09 Å². The Bertz CT molecular complexity index is 60.8. The second-order valence-electron chi connectivity index (χ2n) is 1.03. The zero-order valence-electron chi connectivity index (χ0n) is 5.36. The molecule has 6 nitrogen and oxygen atoms in total. The van der Waals surface area contributed by atoms with E-state index in [2.05, 4.69) is 4.84 Å². The number of quaternary nitrogens is 1. The quantitative estimate of drug-likeness (QED) is 0.387. The summed E-state index contributed by atoms with van der Waals surface area (Å²) in [6, 6.07) is 0. The van der Waals surface area contributed by atoms with E-state index in [0.29, 0.717) is 0 Å². The molecule has 0 bridgehead atoms. The zero-order chi connectivity index (χ0) is 7.70. The van der Waals surface area contributed by atoms with Gasteiger partial charge in [0, 0.05) is 0 Å². The Balaban J connectivity index is 0. The van der Waals surface area contributed by atoms with Gasteiger partial charge in [-0.15, -0.1) is 0 Å². The standard InChI is InChI=1S/C3H9NO.NO3/c1-3-4-5-2;2-1(3)4/h4H,3H2,1-2H3;/q;-1/p+1. The van der Waals surface area contributed by atoms with Crippen molar-refractivity contribution in [1.29, 1.82) is 0 Å². The molecule has 0 unspecified atom stereocenters. The van der Waals surface area contributed by atoms with Gasteiger partial charge in [-0.2, -0.15) is 0 Å². The topological polar surface area (TPSA) is 92.0 Å². The summed E-state index contributed by atoms with van der Waals surface area (Å²) in [5.74, 6) is 0. The van der Waals surface area contributed by atoms with Crippen LogP contribution in [0, 0.1) is 15.3 Å². The average molecular weight is 138 g/mol. The zero-order valence-corrected chi connectivity index (χ0v) is 5.36. The maximum absolute atomic E-state index is 8.25. The summed E-state index contributed by atoms with van der Waals surface area (Å²) < 4.78 is 0. The SMILES string of the molecule is CC[NH2+]OC.O=[N+]([O-])[O-]. The van der Waals surface area contributed by atoms with Gasteiger partial charge in [-0.05, 0) is 6.92 Å². The Morgan fingerprint density at radius 3 is 2.00 bits per heavy atom. The predicted molar refractivity (Wildman–Crippen MR) is 29.8 cm³/mol. The molecule has 0 fully saturated rings. The average Bonchev–Trinajstić information content (AvgIpc) is 1.66. The van der Waals surface area contributed by atoms with Gasteiger partial charge >= 0.3 is 0 Å². The van der Waals surface area contributed by atoms with Crippen LogP contribution in [0.4, 0.5) is 0 Å². The van der Waals surface area contributed by atoms with E-state index in [1.165, 1.54) is 0 Å². The molecule has 0 amide bonds. The van der Waals surface area contributed by atoms with Crippen LogP contribution in [0.3, 0.4) is 0 Å². The van der Waals surface area contributed by atoms with Gasteiger partial charge in [-0.25, -0.2) is 10.3 Å². The van der Waals surface area contributed by atoms with Crippen molar-refractivity contribution in [1.82, 2.24) is 0 Å². The van der Waals surface area contributed by atoms with Crippen LogP contribution in [0.25, 0.3) is 0 Å². The summed E-state index contributed by atoms with van der Waals surface area (Å²) in [4.78, 5) is 12.8. The Labute approximate surface area is 52.5 Å². The summed E-state index contributed by atoms with van der Waals surface area (Å²) in [5.41, 5.74) is 1.75. The van der Waals surface area contributed by atoms with Crippen molar-refractivity contribution in [3.05, 3.63) is 15.3 Å². The smallest absolute Gasteiger partial charge is 0.102 e. The first-order valence-corrected chi connectivity index (χ1v) is 2.31. The number of rotatable bonds is 2. The fourth-order valence-corrected chi connectivity index (χ4v) is 0.167. The van der Waals surface area contributed by atoms with Crippen LogP contribution in [0.15, 0.2) is 0 Å². The molecule has 0 aliphatic carbocycles.